The van der Waals surface area contributed by atoms with Gasteiger partial charge >= 0.3 is 28.6 Å². The van der Waals surface area contributed by atoms with E-state index in [1.807, 2.05) is 5.32 Å². The van der Waals surface area contributed by atoms with Gasteiger partial charge in [0, 0.05) is 11.4 Å². The molecule has 0 aliphatic carbocycles. The van der Waals surface area contributed by atoms with E-state index in [2.05, 4.69) is 0 Å². The van der Waals surface area contributed by atoms with Gasteiger partial charge < -0.3 is 10.6 Å². The fraction of sp³-hybridized carbons (Fsp3) is 0.133. The van der Waals surface area contributed by atoms with E-state index in [-0.39, 0.29) is 23.9 Å². The zero-order chi connectivity index (χ0) is 21.3. The molecule has 2 N–H and O–H groups in total. The van der Waals surface area contributed by atoms with E-state index in [0.29, 0.717) is 6.07 Å². The minimum absolute atomic E-state index is 0.112. The number of urea groups is 1. The number of nitrogens with one attached hydrogen (secondary N) is 2. The third-order valence-corrected chi connectivity index (χ3v) is 4.04. The van der Waals surface area contributed by atoms with Crippen molar-refractivity contribution in [2.24, 2.45) is 0 Å². The molecular formula is C15H9F7N2O3S. The molecule has 5 nitrogen and oxygen atoms in total. The summed E-state index contributed by atoms with van der Waals surface area (Å²) in [5, 5.41) is 3.76. The van der Waals surface area contributed by atoms with Crippen LogP contribution in [0.2, 0.25) is 0 Å². The lowest BCUT2D eigenvalue weighted by Gasteiger charge is -2.15. The summed E-state index contributed by atoms with van der Waals surface area (Å²) in [5.41, 5.74) is -4.35. The Balaban J connectivity index is 2.29. The van der Waals surface area contributed by atoms with Crippen LogP contribution in [0.5, 0.6) is 0 Å². The van der Waals surface area contributed by atoms with Crippen LogP contribution in [0, 0.1) is 0 Å². The number of benzene rings is 2. The molecule has 2 amide bonds. The van der Waals surface area contributed by atoms with Crippen molar-refractivity contribution in [1.29, 1.82) is 0 Å². The van der Waals surface area contributed by atoms with E-state index in [9.17, 15) is 43.4 Å². The summed E-state index contributed by atoms with van der Waals surface area (Å²) in [5.74, 6) is 0. The van der Waals surface area contributed by atoms with E-state index < -0.39 is 50.3 Å². The molecule has 0 atom stereocenters. The standard InChI is InChI=1S/C15H9F7N2O3S/c16-14(17,18)8-4-9(15(19,20)21)6-11(5-8)24-13(25)23-10-2-1-3-12(7-10)28(22,26)27/h1-7H,(H2,23,24,25). The zero-order valence-corrected chi connectivity index (χ0v) is 14.1. The molecule has 0 bridgehead atoms. The Bertz CT molecular complexity index is 969. The SMILES string of the molecule is O=C(Nc1cc(C(F)(F)F)cc(C(F)(F)F)c1)Nc1cccc(S(=O)(=O)F)c1. The fourth-order valence-electron chi connectivity index (χ4n) is 2.05. The predicted molar refractivity (Wildman–Crippen MR) is 83.8 cm³/mol. The van der Waals surface area contributed by atoms with E-state index in [1.54, 1.807) is 5.32 Å². The summed E-state index contributed by atoms with van der Waals surface area (Å²) in [6, 6.07) is 2.96. The van der Waals surface area contributed by atoms with Crippen molar-refractivity contribution in [2.45, 2.75) is 17.2 Å². The number of carbonyl (C=O) groups excluding carboxylic acids is 1. The van der Waals surface area contributed by atoms with Gasteiger partial charge in [0.25, 0.3) is 0 Å². The van der Waals surface area contributed by atoms with Crippen LogP contribution < -0.4 is 10.6 Å². The Labute approximate surface area is 153 Å². The molecule has 0 unspecified atom stereocenters. The van der Waals surface area contributed by atoms with Crippen LogP contribution in [0.3, 0.4) is 0 Å². The fourth-order valence-corrected chi connectivity index (χ4v) is 2.55. The van der Waals surface area contributed by atoms with Gasteiger partial charge in [0.15, 0.2) is 0 Å². The van der Waals surface area contributed by atoms with Crippen LogP contribution >= 0.6 is 0 Å². The molecule has 0 heterocycles. The van der Waals surface area contributed by atoms with Crippen molar-refractivity contribution in [3.8, 4) is 0 Å². The third kappa shape index (κ3) is 5.58. The van der Waals surface area contributed by atoms with Gasteiger partial charge in [-0.25, -0.2) is 4.79 Å². The number of hydrogen-bond acceptors (Lipinski definition) is 3. The van der Waals surface area contributed by atoms with Gasteiger partial charge in [-0.15, -0.1) is 3.89 Å². The highest BCUT2D eigenvalue weighted by Gasteiger charge is 2.37. The molecule has 2 rings (SSSR count). The van der Waals surface area contributed by atoms with Gasteiger partial charge in [0.2, 0.25) is 0 Å². The summed E-state index contributed by atoms with van der Waals surface area (Å²) in [6.45, 7) is 0. The largest absolute Gasteiger partial charge is 0.416 e. The molecule has 2 aromatic carbocycles. The van der Waals surface area contributed by atoms with Crippen molar-refractivity contribution < 1.29 is 43.4 Å². The van der Waals surface area contributed by atoms with Crippen LogP contribution in [-0.2, 0) is 22.6 Å². The number of rotatable bonds is 3. The lowest BCUT2D eigenvalue weighted by molar-refractivity contribution is -0.143. The number of alkyl halides is 6. The Kier molecular flexibility index (Phi) is 5.59. The second-order valence-electron chi connectivity index (χ2n) is 5.34. The lowest BCUT2D eigenvalue weighted by atomic mass is 10.1. The first kappa shape index (κ1) is 21.5. The second-order valence-corrected chi connectivity index (χ2v) is 6.69. The molecule has 0 aliphatic rings. The molecule has 0 fully saturated rings. The summed E-state index contributed by atoms with van der Waals surface area (Å²) in [6.07, 6.45) is -10.2. The van der Waals surface area contributed by atoms with Gasteiger partial charge in [-0.3, -0.25) is 0 Å². The van der Waals surface area contributed by atoms with E-state index >= 15 is 0 Å². The van der Waals surface area contributed by atoms with Crippen LogP contribution in [0.4, 0.5) is 46.4 Å². The van der Waals surface area contributed by atoms with Gasteiger partial charge in [0.1, 0.15) is 4.90 Å². The monoisotopic (exact) mass is 430 g/mol. The Hall–Kier alpha value is -2.83. The van der Waals surface area contributed by atoms with Crippen molar-refractivity contribution in [2.75, 3.05) is 10.6 Å². The minimum Gasteiger partial charge on any atom is -0.308 e. The molecule has 2 aromatic rings. The van der Waals surface area contributed by atoms with Crippen LogP contribution in [0.1, 0.15) is 11.1 Å². The lowest BCUT2D eigenvalue weighted by Crippen LogP contribution is -2.21. The molecule has 0 saturated heterocycles. The number of carbonyl (C=O) groups is 1. The maximum absolute atomic E-state index is 12.9. The first-order chi connectivity index (χ1) is 12.7. The van der Waals surface area contributed by atoms with Crippen molar-refractivity contribution in [3.63, 3.8) is 0 Å². The molecule has 0 aromatic heterocycles. The second kappa shape index (κ2) is 7.30. The number of anilines is 2. The highest BCUT2D eigenvalue weighted by Crippen LogP contribution is 2.37. The number of hydrogen-bond donors (Lipinski definition) is 2. The van der Waals surface area contributed by atoms with E-state index in [0.717, 1.165) is 18.2 Å². The molecule has 13 heteroatoms. The van der Waals surface area contributed by atoms with Gasteiger partial charge in [-0.05, 0) is 36.4 Å². The smallest absolute Gasteiger partial charge is 0.308 e. The number of halogens is 7. The maximum atomic E-state index is 12.9. The predicted octanol–water partition coefficient (Wildman–Crippen LogP) is 5.03. The van der Waals surface area contributed by atoms with E-state index in [4.69, 9.17) is 0 Å². The molecule has 0 aliphatic heterocycles. The summed E-state index contributed by atoms with van der Waals surface area (Å²) in [4.78, 5) is 11.0. The van der Waals surface area contributed by atoms with Crippen LogP contribution in [0.15, 0.2) is 47.4 Å². The van der Waals surface area contributed by atoms with Crippen LogP contribution in [-0.4, -0.2) is 14.4 Å². The highest BCUT2D eigenvalue weighted by atomic mass is 32.3. The molecule has 0 radical (unpaired) electrons. The van der Waals surface area contributed by atoms with Gasteiger partial charge in [0.05, 0.1) is 11.1 Å². The quantitative estimate of drug-likeness (QED) is 0.530. The maximum Gasteiger partial charge on any atom is 0.416 e. The zero-order valence-electron chi connectivity index (χ0n) is 13.3. The molecule has 28 heavy (non-hydrogen) atoms. The van der Waals surface area contributed by atoms with Gasteiger partial charge in [-0.1, -0.05) is 6.07 Å². The average Bonchev–Trinajstić information content (AvgIpc) is 2.52. The first-order valence-electron chi connectivity index (χ1n) is 7.08. The van der Waals surface area contributed by atoms with Crippen molar-refractivity contribution in [1.82, 2.24) is 0 Å². The van der Waals surface area contributed by atoms with Gasteiger partial charge in [-0.2, -0.15) is 34.8 Å². The number of amides is 2. The third-order valence-electron chi connectivity index (χ3n) is 3.22. The minimum atomic E-state index is -5.10. The topological polar surface area (TPSA) is 75.3 Å². The summed E-state index contributed by atoms with van der Waals surface area (Å²) in [7, 11) is -5.09. The molecule has 0 saturated carbocycles. The van der Waals surface area contributed by atoms with Crippen molar-refractivity contribution >= 4 is 27.6 Å². The normalized spacial score (nSPS) is 12.5. The average molecular weight is 430 g/mol. The molecular weight excluding hydrogens is 421 g/mol. The van der Waals surface area contributed by atoms with E-state index in [1.165, 1.54) is 0 Å². The molecule has 0 spiro atoms. The Morgan fingerprint density at radius 2 is 1.29 bits per heavy atom. The highest BCUT2D eigenvalue weighted by molar-refractivity contribution is 7.86. The first-order valence-corrected chi connectivity index (χ1v) is 8.47. The Morgan fingerprint density at radius 3 is 1.75 bits per heavy atom. The summed E-state index contributed by atoms with van der Waals surface area (Å²) >= 11 is 0. The van der Waals surface area contributed by atoms with Crippen molar-refractivity contribution in [3.05, 3.63) is 53.6 Å². The molecule has 152 valence electrons. The summed E-state index contributed by atoms with van der Waals surface area (Å²) < 4.78 is 111. The van der Waals surface area contributed by atoms with Crippen LogP contribution in [0.25, 0.3) is 0 Å². The Morgan fingerprint density at radius 1 is 0.786 bits per heavy atom.